The predicted molar refractivity (Wildman–Crippen MR) is 70.3 cm³/mol. The zero-order valence-corrected chi connectivity index (χ0v) is 10.4. The van der Waals surface area contributed by atoms with Crippen LogP contribution in [0.2, 0.25) is 0 Å². The van der Waals surface area contributed by atoms with Gasteiger partial charge in [0.05, 0.1) is 12.3 Å². The number of nitrogens with two attached hydrogens (primary N) is 1. The van der Waals surface area contributed by atoms with Crippen molar-refractivity contribution in [1.29, 1.82) is 0 Å². The lowest BCUT2D eigenvalue weighted by molar-refractivity contribution is -0.121. The van der Waals surface area contributed by atoms with Crippen LogP contribution < -0.4 is 20.9 Å². The van der Waals surface area contributed by atoms with Crippen LogP contribution >= 0.6 is 0 Å². The molecule has 5 nitrogen and oxygen atoms in total. The van der Waals surface area contributed by atoms with E-state index in [4.69, 9.17) is 10.6 Å². The maximum absolute atomic E-state index is 11.1. The Morgan fingerprint density at radius 3 is 3.11 bits per heavy atom. The average molecular weight is 249 g/mol. The van der Waals surface area contributed by atoms with Gasteiger partial charge in [0.2, 0.25) is 5.91 Å². The molecule has 0 saturated carbocycles. The fourth-order valence-electron chi connectivity index (χ4n) is 2.13. The molecule has 1 aliphatic heterocycles. The van der Waals surface area contributed by atoms with E-state index < -0.39 is 0 Å². The van der Waals surface area contributed by atoms with Crippen molar-refractivity contribution in [2.45, 2.75) is 19.3 Å². The number of nitrogens with one attached hydrogen (secondary N) is 1. The third kappa shape index (κ3) is 3.13. The van der Waals surface area contributed by atoms with Gasteiger partial charge in [-0.3, -0.25) is 10.2 Å². The molecule has 1 heterocycles. The Morgan fingerprint density at radius 2 is 2.28 bits per heavy atom. The van der Waals surface area contributed by atoms with E-state index in [-0.39, 0.29) is 5.91 Å². The van der Waals surface area contributed by atoms with Gasteiger partial charge in [-0.15, -0.1) is 0 Å². The molecule has 0 spiro atoms. The van der Waals surface area contributed by atoms with Crippen molar-refractivity contribution >= 4 is 11.6 Å². The quantitative estimate of drug-likeness (QED) is 0.475. The minimum atomic E-state index is -0.116. The standard InChI is InChI=1S/C13H19N3O2/c14-15-13(17)7-3-8-16-9-4-10-18-12-6-2-1-5-11(12)16/h1-2,5-6H,3-4,7-10,14H2,(H,15,17). The largest absolute Gasteiger partial charge is 0.491 e. The van der Waals surface area contributed by atoms with Crippen molar-refractivity contribution in [3.05, 3.63) is 24.3 Å². The lowest BCUT2D eigenvalue weighted by atomic mass is 10.2. The van der Waals surface area contributed by atoms with E-state index in [1.54, 1.807) is 0 Å². The molecule has 18 heavy (non-hydrogen) atoms. The third-order valence-corrected chi connectivity index (χ3v) is 3.03. The summed E-state index contributed by atoms with van der Waals surface area (Å²) in [7, 11) is 0. The Kier molecular flexibility index (Phi) is 4.41. The molecule has 0 aliphatic carbocycles. The summed E-state index contributed by atoms with van der Waals surface area (Å²) in [6, 6.07) is 8.03. The number of carbonyl (C=O) groups excluding carboxylic acids is 1. The summed E-state index contributed by atoms with van der Waals surface area (Å²) < 4.78 is 5.69. The molecule has 1 aromatic carbocycles. The average Bonchev–Trinajstić information content (AvgIpc) is 2.61. The molecule has 0 radical (unpaired) electrons. The first-order chi connectivity index (χ1) is 8.81. The molecule has 1 aliphatic rings. The van der Waals surface area contributed by atoms with Crippen molar-refractivity contribution in [3.8, 4) is 5.75 Å². The highest BCUT2D eigenvalue weighted by atomic mass is 16.5. The van der Waals surface area contributed by atoms with E-state index in [0.29, 0.717) is 6.42 Å². The molecule has 0 atom stereocenters. The normalized spacial score (nSPS) is 14.4. The molecule has 3 N–H and O–H groups in total. The number of benzene rings is 1. The van der Waals surface area contributed by atoms with Crippen molar-refractivity contribution in [2.24, 2.45) is 5.84 Å². The highest BCUT2D eigenvalue weighted by Crippen LogP contribution is 2.30. The van der Waals surface area contributed by atoms with Gasteiger partial charge in [0.1, 0.15) is 5.75 Å². The van der Waals surface area contributed by atoms with Crippen LogP contribution in [0.3, 0.4) is 0 Å². The number of rotatable bonds is 4. The van der Waals surface area contributed by atoms with Gasteiger partial charge in [-0.1, -0.05) is 12.1 Å². The molecule has 1 amide bonds. The van der Waals surface area contributed by atoms with E-state index in [1.165, 1.54) is 0 Å². The van der Waals surface area contributed by atoms with Gasteiger partial charge in [0.15, 0.2) is 0 Å². The van der Waals surface area contributed by atoms with Crippen LogP contribution in [0.1, 0.15) is 19.3 Å². The van der Waals surface area contributed by atoms with E-state index in [1.807, 2.05) is 18.2 Å². The van der Waals surface area contributed by atoms with Gasteiger partial charge in [-0.05, 0) is 25.0 Å². The van der Waals surface area contributed by atoms with Crippen LogP contribution in [0.25, 0.3) is 0 Å². The summed E-state index contributed by atoms with van der Waals surface area (Å²) in [6.07, 6.45) is 2.24. The van der Waals surface area contributed by atoms with E-state index in [9.17, 15) is 4.79 Å². The van der Waals surface area contributed by atoms with Gasteiger partial charge in [0, 0.05) is 19.5 Å². The second-order valence-electron chi connectivity index (χ2n) is 4.33. The molecule has 0 saturated heterocycles. The first-order valence-corrected chi connectivity index (χ1v) is 6.27. The van der Waals surface area contributed by atoms with Crippen molar-refractivity contribution < 1.29 is 9.53 Å². The number of ether oxygens (including phenoxy) is 1. The van der Waals surface area contributed by atoms with E-state index in [0.717, 1.165) is 44.0 Å². The molecule has 1 aromatic rings. The Hall–Kier alpha value is -1.75. The number of para-hydroxylation sites is 2. The maximum Gasteiger partial charge on any atom is 0.233 e. The van der Waals surface area contributed by atoms with Crippen molar-refractivity contribution in [3.63, 3.8) is 0 Å². The van der Waals surface area contributed by atoms with Crippen LogP contribution in [-0.2, 0) is 4.79 Å². The van der Waals surface area contributed by atoms with Crippen molar-refractivity contribution in [2.75, 3.05) is 24.6 Å². The number of carbonyl (C=O) groups is 1. The summed E-state index contributed by atoms with van der Waals surface area (Å²) in [5.41, 5.74) is 3.27. The third-order valence-electron chi connectivity index (χ3n) is 3.03. The van der Waals surface area contributed by atoms with E-state index in [2.05, 4.69) is 16.4 Å². The second-order valence-corrected chi connectivity index (χ2v) is 4.33. The van der Waals surface area contributed by atoms with Crippen LogP contribution in [0, 0.1) is 0 Å². The van der Waals surface area contributed by atoms with Crippen LogP contribution in [0.4, 0.5) is 5.69 Å². The number of hydrazine groups is 1. The molecular weight excluding hydrogens is 230 g/mol. The molecular formula is C13H19N3O2. The van der Waals surface area contributed by atoms with Crippen LogP contribution in [0.15, 0.2) is 24.3 Å². The lowest BCUT2D eigenvalue weighted by Gasteiger charge is -2.23. The van der Waals surface area contributed by atoms with E-state index >= 15 is 0 Å². The number of amides is 1. The number of anilines is 1. The molecule has 2 rings (SSSR count). The van der Waals surface area contributed by atoms with Crippen molar-refractivity contribution in [1.82, 2.24) is 5.43 Å². The first-order valence-electron chi connectivity index (χ1n) is 6.27. The Bertz CT molecular complexity index is 409. The Balaban J connectivity index is 1.97. The van der Waals surface area contributed by atoms with Gasteiger partial charge in [0.25, 0.3) is 0 Å². The second kappa shape index (κ2) is 6.26. The minimum Gasteiger partial charge on any atom is -0.491 e. The molecule has 0 fully saturated rings. The predicted octanol–water partition coefficient (Wildman–Crippen LogP) is 1.05. The smallest absolute Gasteiger partial charge is 0.233 e. The Morgan fingerprint density at radius 1 is 1.44 bits per heavy atom. The number of nitrogens with zero attached hydrogens (tertiary/aromatic N) is 1. The summed E-state index contributed by atoms with van der Waals surface area (Å²) in [5, 5.41) is 0. The molecule has 0 aromatic heterocycles. The SMILES string of the molecule is NNC(=O)CCCN1CCCOc2ccccc21. The van der Waals surface area contributed by atoms with Crippen LogP contribution in [-0.4, -0.2) is 25.6 Å². The van der Waals surface area contributed by atoms with Gasteiger partial charge >= 0.3 is 0 Å². The Labute approximate surface area is 107 Å². The molecule has 98 valence electrons. The zero-order valence-electron chi connectivity index (χ0n) is 10.4. The summed E-state index contributed by atoms with van der Waals surface area (Å²) in [6.45, 7) is 2.55. The topological polar surface area (TPSA) is 67.6 Å². The van der Waals surface area contributed by atoms with Gasteiger partial charge < -0.3 is 9.64 Å². The fourth-order valence-corrected chi connectivity index (χ4v) is 2.13. The minimum absolute atomic E-state index is 0.116. The fraction of sp³-hybridized carbons (Fsp3) is 0.462. The number of fused-ring (bicyclic) bond motifs is 1. The monoisotopic (exact) mass is 249 g/mol. The summed E-state index contributed by atoms with van der Waals surface area (Å²) in [4.78, 5) is 13.4. The molecule has 5 heteroatoms. The van der Waals surface area contributed by atoms with Crippen LogP contribution in [0.5, 0.6) is 5.75 Å². The highest BCUT2D eigenvalue weighted by Gasteiger charge is 2.15. The zero-order chi connectivity index (χ0) is 12.8. The highest BCUT2D eigenvalue weighted by molar-refractivity contribution is 5.75. The number of hydrogen-bond donors (Lipinski definition) is 2. The lowest BCUT2D eigenvalue weighted by Crippen LogP contribution is -2.31. The summed E-state index contributed by atoms with van der Waals surface area (Å²) >= 11 is 0. The molecule has 0 unspecified atom stereocenters. The summed E-state index contributed by atoms with van der Waals surface area (Å²) in [5.74, 6) is 5.87. The maximum atomic E-state index is 11.1. The van der Waals surface area contributed by atoms with Gasteiger partial charge in [-0.25, -0.2) is 5.84 Å². The number of hydrogen-bond acceptors (Lipinski definition) is 4. The first kappa shape index (κ1) is 12.7. The molecule has 0 bridgehead atoms. The van der Waals surface area contributed by atoms with Gasteiger partial charge in [-0.2, -0.15) is 0 Å².